The number of hydrogen-bond donors (Lipinski definition) is 2. The van der Waals surface area contributed by atoms with Gasteiger partial charge in [0.15, 0.2) is 5.96 Å². The Balaban J connectivity index is 0.00000300. The van der Waals surface area contributed by atoms with Crippen LogP contribution in [0.25, 0.3) is 0 Å². The van der Waals surface area contributed by atoms with Crippen LogP contribution in [0.1, 0.15) is 30.7 Å². The van der Waals surface area contributed by atoms with E-state index in [1.165, 1.54) is 17.7 Å². The van der Waals surface area contributed by atoms with Crippen molar-refractivity contribution in [2.24, 2.45) is 16.6 Å². The standard InChI is InChI=1S/C21H30N4O2S.HI/c1-15-8-10-25(11-9-15)18(20-5-4-12-28-20)14-23-21(22)24-17-13-16(26-2)6-7-19(17)27-3;/h4-7,12-13,15,18H,8-11,14H2,1-3H3,(H3,22,23,24);1H. The van der Waals surface area contributed by atoms with Gasteiger partial charge in [0.2, 0.25) is 0 Å². The molecular formula is C21H31IN4O2S. The molecule has 2 heterocycles. The third kappa shape index (κ3) is 6.48. The van der Waals surface area contributed by atoms with Crippen molar-refractivity contribution in [3.05, 3.63) is 40.6 Å². The van der Waals surface area contributed by atoms with Gasteiger partial charge in [-0.25, -0.2) is 0 Å². The Kier molecular flexibility index (Phi) is 9.51. The molecule has 8 heteroatoms. The first-order chi connectivity index (χ1) is 13.6. The maximum absolute atomic E-state index is 6.20. The van der Waals surface area contributed by atoms with Crippen molar-refractivity contribution in [3.63, 3.8) is 0 Å². The second kappa shape index (κ2) is 11.6. The molecule has 6 nitrogen and oxygen atoms in total. The number of nitrogens with one attached hydrogen (secondary N) is 1. The number of thiophene rings is 1. The Morgan fingerprint density at radius 3 is 2.66 bits per heavy atom. The molecule has 1 aromatic carbocycles. The first-order valence-electron chi connectivity index (χ1n) is 9.67. The average Bonchev–Trinajstić information content (AvgIpc) is 3.24. The summed E-state index contributed by atoms with van der Waals surface area (Å²) in [5, 5.41) is 5.28. The van der Waals surface area contributed by atoms with Gasteiger partial charge in [-0.15, -0.1) is 35.3 Å². The minimum Gasteiger partial charge on any atom is -0.497 e. The van der Waals surface area contributed by atoms with Crippen LogP contribution in [0, 0.1) is 5.92 Å². The lowest BCUT2D eigenvalue weighted by atomic mass is 9.97. The zero-order chi connectivity index (χ0) is 19.9. The Hall–Kier alpha value is -1.52. The van der Waals surface area contributed by atoms with Gasteiger partial charge < -0.3 is 20.5 Å². The van der Waals surface area contributed by atoms with Crippen molar-refractivity contribution in [2.45, 2.75) is 25.8 Å². The first-order valence-corrected chi connectivity index (χ1v) is 10.5. The third-order valence-electron chi connectivity index (χ3n) is 5.23. The van der Waals surface area contributed by atoms with Crippen LogP contribution in [-0.4, -0.2) is 44.7 Å². The van der Waals surface area contributed by atoms with Crippen molar-refractivity contribution in [3.8, 4) is 11.5 Å². The molecule has 3 rings (SSSR count). The lowest BCUT2D eigenvalue weighted by Gasteiger charge is -2.35. The fourth-order valence-corrected chi connectivity index (χ4v) is 4.33. The number of aliphatic imine (C=N–C) groups is 1. The summed E-state index contributed by atoms with van der Waals surface area (Å²) in [6.45, 7) is 5.17. The van der Waals surface area contributed by atoms with Gasteiger partial charge in [-0.3, -0.25) is 9.89 Å². The molecule has 1 aliphatic rings. The van der Waals surface area contributed by atoms with Crippen LogP contribution in [0.3, 0.4) is 0 Å². The maximum atomic E-state index is 6.20. The van der Waals surface area contributed by atoms with E-state index in [1.54, 1.807) is 25.6 Å². The SMILES string of the molecule is COc1ccc(OC)c(NC(N)=NCC(c2cccs2)N2CCC(C)CC2)c1.I. The monoisotopic (exact) mass is 530 g/mol. The zero-order valence-electron chi connectivity index (χ0n) is 17.3. The molecule has 0 spiro atoms. The van der Waals surface area contributed by atoms with Crippen molar-refractivity contribution >= 4 is 47.0 Å². The van der Waals surface area contributed by atoms with E-state index in [0.29, 0.717) is 18.3 Å². The normalized spacial score (nSPS) is 16.7. The maximum Gasteiger partial charge on any atom is 0.193 e. The molecule has 1 unspecified atom stereocenters. The van der Waals surface area contributed by atoms with Crippen LogP contribution in [0.4, 0.5) is 5.69 Å². The summed E-state index contributed by atoms with van der Waals surface area (Å²) in [6, 6.07) is 10.1. The number of benzene rings is 1. The summed E-state index contributed by atoms with van der Waals surface area (Å²) in [5.41, 5.74) is 6.94. The van der Waals surface area contributed by atoms with E-state index < -0.39 is 0 Å². The summed E-state index contributed by atoms with van der Waals surface area (Å²) in [6.07, 6.45) is 2.47. The summed E-state index contributed by atoms with van der Waals surface area (Å²) >= 11 is 1.78. The Labute approximate surface area is 194 Å². The first kappa shape index (κ1) is 23.8. The fourth-order valence-electron chi connectivity index (χ4n) is 3.48. The largest absolute Gasteiger partial charge is 0.497 e. The van der Waals surface area contributed by atoms with Gasteiger partial charge in [-0.05, 0) is 55.4 Å². The number of likely N-dealkylation sites (tertiary alicyclic amines) is 1. The van der Waals surface area contributed by atoms with Crippen molar-refractivity contribution in [1.29, 1.82) is 0 Å². The molecule has 3 N–H and O–H groups in total. The van der Waals surface area contributed by atoms with Gasteiger partial charge >= 0.3 is 0 Å². The third-order valence-corrected chi connectivity index (χ3v) is 6.21. The number of guanidine groups is 1. The number of anilines is 1. The van der Waals surface area contributed by atoms with E-state index >= 15 is 0 Å². The second-order valence-corrected chi connectivity index (χ2v) is 8.15. The van der Waals surface area contributed by atoms with Gasteiger partial charge in [-0.1, -0.05) is 13.0 Å². The fraction of sp³-hybridized carbons (Fsp3) is 0.476. The predicted octanol–water partition coefficient (Wildman–Crippen LogP) is 4.58. The van der Waals surface area contributed by atoms with E-state index in [0.717, 1.165) is 30.4 Å². The number of rotatable bonds is 7. The molecule has 0 aliphatic carbocycles. The van der Waals surface area contributed by atoms with E-state index in [4.69, 9.17) is 15.2 Å². The number of nitrogens with two attached hydrogens (primary N) is 1. The minimum atomic E-state index is 0. The quantitative estimate of drug-likeness (QED) is 0.312. The Morgan fingerprint density at radius 2 is 2.03 bits per heavy atom. The van der Waals surface area contributed by atoms with Crippen LogP contribution < -0.4 is 20.5 Å². The number of ether oxygens (including phenoxy) is 2. The van der Waals surface area contributed by atoms with Crippen molar-refractivity contribution in [1.82, 2.24) is 4.90 Å². The van der Waals surface area contributed by atoms with E-state index in [-0.39, 0.29) is 30.0 Å². The number of halogens is 1. The summed E-state index contributed by atoms with van der Waals surface area (Å²) in [4.78, 5) is 8.53. The molecule has 29 heavy (non-hydrogen) atoms. The molecule has 0 bridgehead atoms. The molecular weight excluding hydrogens is 499 g/mol. The Bertz CT molecular complexity index is 777. The summed E-state index contributed by atoms with van der Waals surface area (Å²) < 4.78 is 10.7. The highest BCUT2D eigenvalue weighted by atomic mass is 127. The highest BCUT2D eigenvalue weighted by Gasteiger charge is 2.25. The molecule has 160 valence electrons. The zero-order valence-corrected chi connectivity index (χ0v) is 20.4. The lowest BCUT2D eigenvalue weighted by molar-refractivity contribution is 0.143. The van der Waals surface area contributed by atoms with Gasteiger partial charge in [0.25, 0.3) is 0 Å². The summed E-state index contributed by atoms with van der Waals surface area (Å²) in [5.74, 6) is 2.60. The number of piperidine rings is 1. The van der Waals surface area contributed by atoms with Gasteiger partial charge in [0, 0.05) is 10.9 Å². The molecule has 1 saturated heterocycles. The molecule has 0 radical (unpaired) electrons. The second-order valence-electron chi connectivity index (χ2n) is 7.17. The van der Waals surface area contributed by atoms with Crippen molar-refractivity contribution in [2.75, 3.05) is 39.2 Å². The number of hydrogen-bond acceptors (Lipinski definition) is 5. The van der Waals surface area contributed by atoms with Crippen LogP contribution in [0.5, 0.6) is 11.5 Å². The summed E-state index contributed by atoms with van der Waals surface area (Å²) in [7, 11) is 3.26. The van der Waals surface area contributed by atoms with E-state index in [2.05, 4.69) is 39.6 Å². The van der Waals surface area contributed by atoms with E-state index in [9.17, 15) is 0 Å². The Morgan fingerprint density at radius 1 is 1.28 bits per heavy atom. The molecule has 0 saturated carbocycles. The predicted molar refractivity (Wildman–Crippen MR) is 132 cm³/mol. The van der Waals surface area contributed by atoms with Crippen LogP contribution >= 0.6 is 35.3 Å². The van der Waals surface area contributed by atoms with Gasteiger partial charge in [0.05, 0.1) is 32.5 Å². The van der Waals surface area contributed by atoms with Gasteiger partial charge in [-0.2, -0.15) is 0 Å². The van der Waals surface area contributed by atoms with Gasteiger partial charge in [0.1, 0.15) is 11.5 Å². The highest BCUT2D eigenvalue weighted by molar-refractivity contribution is 14.0. The van der Waals surface area contributed by atoms with Crippen LogP contribution in [-0.2, 0) is 0 Å². The smallest absolute Gasteiger partial charge is 0.193 e. The lowest BCUT2D eigenvalue weighted by Crippen LogP contribution is -2.37. The number of methoxy groups -OCH3 is 2. The minimum absolute atomic E-state index is 0. The van der Waals surface area contributed by atoms with Crippen LogP contribution in [0.15, 0.2) is 40.7 Å². The number of nitrogens with zero attached hydrogens (tertiary/aromatic N) is 2. The molecule has 2 aromatic rings. The average molecular weight is 530 g/mol. The topological polar surface area (TPSA) is 72.1 Å². The molecule has 1 fully saturated rings. The molecule has 1 aromatic heterocycles. The molecule has 0 amide bonds. The van der Waals surface area contributed by atoms with E-state index in [1.807, 2.05) is 18.2 Å². The van der Waals surface area contributed by atoms with Crippen molar-refractivity contribution < 1.29 is 9.47 Å². The van der Waals surface area contributed by atoms with Crippen LogP contribution in [0.2, 0.25) is 0 Å². The molecule has 1 aliphatic heterocycles. The molecule has 1 atom stereocenters. The highest BCUT2D eigenvalue weighted by Crippen LogP contribution is 2.31.